The first-order valence-corrected chi connectivity index (χ1v) is 7.15. The number of nitrogens with zero attached hydrogens (tertiary/aromatic N) is 1. The molecule has 0 bridgehead atoms. The van der Waals surface area contributed by atoms with E-state index in [9.17, 15) is 9.90 Å². The van der Waals surface area contributed by atoms with Crippen LogP contribution >= 0.6 is 0 Å². The number of carbonyl (C=O) groups is 1. The second kappa shape index (κ2) is 7.10. The molecule has 18 heavy (non-hydrogen) atoms. The first-order chi connectivity index (χ1) is 8.47. The van der Waals surface area contributed by atoms with E-state index in [1.165, 1.54) is 19.3 Å². The van der Waals surface area contributed by atoms with Crippen LogP contribution in [0.25, 0.3) is 0 Å². The van der Waals surface area contributed by atoms with E-state index in [0.29, 0.717) is 12.6 Å². The van der Waals surface area contributed by atoms with Gasteiger partial charge in [0.1, 0.15) is 0 Å². The van der Waals surface area contributed by atoms with Gasteiger partial charge < -0.3 is 10.4 Å². The van der Waals surface area contributed by atoms with Crippen molar-refractivity contribution in [2.45, 2.75) is 52.5 Å². The number of rotatable bonds is 7. The second-order valence-electron chi connectivity index (χ2n) is 6.01. The Balaban J connectivity index is 2.51. The van der Waals surface area contributed by atoms with Crippen molar-refractivity contribution in [1.29, 1.82) is 0 Å². The molecule has 1 aliphatic rings. The normalized spacial score (nSPS) is 22.1. The predicted octanol–water partition coefficient (Wildman–Crippen LogP) is 1.95. The minimum atomic E-state index is -0.701. The fraction of sp³-hybridized carbons (Fsp3) is 0.929. The molecule has 0 aromatic heterocycles. The molecule has 1 unspecified atom stereocenters. The van der Waals surface area contributed by atoms with Crippen molar-refractivity contribution in [3.63, 3.8) is 0 Å². The minimum Gasteiger partial charge on any atom is -0.481 e. The maximum Gasteiger partial charge on any atom is 0.310 e. The molecule has 1 atom stereocenters. The molecule has 106 valence electrons. The monoisotopic (exact) mass is 256 g/mol. The minimum absolute atomic E-state index is 0.504. The predicted molar refractivity (Wildman–Crippen MR) is 73.8 cm³/mol. The van der Waals surface area contributed by atoms with Crippen LogP contribution in [0.2, 0.25) is 0 Å². The maximum absolute atomic E-state index is 11.2. The summed E-state index contributed by atoms with van der Waals surface area (Å²) in [5.41, 5.74) is -0.652. The molecule has 0 saturated carbocycles. The van der Waals surface area contributed by atoms with Gasteiger partial charge in [0.2, 0.25) is 0 Å². The molecule has 1 saturated heterocycles. The third kappa shape index (κ3) is 4.58. The van der Waals surface area contributed by atoms with Crippen LogP contribution in [0.1, 0.15) is 46.5 Å². The van der Waals surface area contributed by atoms with Gasteiger partial charge in [-0.2, -0.15) is 0 Å². The Kier molecular flexibility index (Phi) is 6.09. The van der Waals surface area contributed by atoms with Crippen molar-refractivity contribution in [2.75, 3.05) is 26.2 Å². The standard InChI is InChI=1S/C14H28N2O2/c1-4-8-15-10-12-7-5-6-9-16(12)11-14(2,3)13(17)18/h12,15H,4-11H2,1-3H3,(H,17,18). The average Bonchev–Trinajstić information content (AvgIpc) is 2.31. The highest BCUT2D eigenvalue weighted by molar-refractivity contribution is 5.73. The van der Waals surface area contributed by atoms with E-state index < -0.39 is 11.4 Å². The summed E-state index contributed by atoms with van der Waals surface area (Å²) in [5, 5.41) is 12.7. The summed E-state index contributed by atoms with van der Waals surface area (Å²) in [4.78, 5) is 13.6. The van der Waals surface area contributed by atoms with E-state index in [-0.39, 0.29) is 0 Å². The third-order valence-corrected chi connectivity index (χ3v) is 3.73. The van der Waals surface area contributed by atoms with Gasteiger partial charge in [-0.25, -0.2) is 0 Å². The van der Waals surface area contributed by atoms with Crippen LogP contribution in [-0.2, 0) is 4.79 Å². The second-order valence-corrected chi connectivity index (χ2v) is 6.01. The van der Waals surface area contributed by atoms with Gasteiger partial charge in [-0.05, 0) is 46.2 Å². The molecule has 4 nitrogen and oxygen atoms in total. The van der Waals surface area contributed by atoms with E-state index in [1.807, 2.05) is 13.8 Å². The van der Waals surface area contributed by atoms with Gasteiger partial charge in [0.05, 0.1) is 5.41 Å². The van der Waals surface area contributed by atoms with Gasteiger partial charge in [0, 0.05) is 19.1 Å². The first kappa shape index (κ1) is 15.4. The number of carboxylic acid groups (broad SMARTS) is 1. The van der Waals surface area contributed by atoms with Crippen LogP contribution in [0.5, 0.6) is 0 Å². The molecule has 0 amide bonds. The van der Waals surface area contributed by atoms with Crippen molar-refractivity contribution in [3.8, 4) is 0 Å². The molecular formula is C14H28N2O2. The Morgan fingerprint density at radius 2 is 2.17 bits per heavy atom. The highest BCUT2D eigenvalue weighted by atomic mass is 16.4. The molecule has 1 rings (SSSR count). The Bertz CT molecular complexity index is 267. The highest BCUT2D eigenvalue weighted by Crippen LogP contribution is 2.23. The van der Waals surface area contributed by atoms with Gasteiger partial charge >= 0.3 is 5.97 Å². The van der Waals surface area contributed by atoms with Crippen molar-refractivity contribution in [2.24, 2.45) is 5.41 Å². The fourth-order valence-corrected chi connectivity index (χ4v) is 2.52. The summed E-state index contributed by atoms with van der Waals surface area (Å²) in [6.45, 7) is 9.53. The molecule has 1 fully saturated rings. The quantitative estimate of drug-likeness (QED) is 0.684. The number of hydrogen-bond acceptors (Lipinski definition) is 3. The van der Waals surface area contributed by atoms with Crippen molar-refractivity contribution in [3.05, 3.63) is 0 Å². The van der Waals surface area contributed by atoms with Gasteiger partial charge in [0.15, 0.2) is 0 Å². The van der Waals surface area contributed by atoms with Gasteiger partial charge in [-0.3, -0.25) is 9.69 Å². The Morgan fingerprint density at radius 1 is 1.44 bits per heavy atom. The zero-order chi connectivity index (χ0) is 13.6. The molecule has 0 radical (unpaired) electrons. The SMILES string of the molecule is CCCNCC1CCCCN1CC(C)(C)C(=O)O. The lowest BCUT2D eigenvalue weighted by Gasteiger charge is -2.39. The number of nitrogens with one attached hydrogen (secondary N) is 1. The van der Waals surface area contributed by atoms with E-state index in [2.05, 4.69) is 17.1 Å². The summed E-state index contributed by atoms with van der Waals surface area (Å²) < 4.78 is 0. The van der Waals surface area contributed by atoms with Gasteiger partial charge in [-0.1, -0.05) is 13.3 Å². The zero-order valence-electron chi connectivity index (χ0n) is 12.0. The molecule has 1 aliphatic heterocycles. The number of carboxylic acids is 1. The van der Waals surface area contributed by atoms with E-state index in [4.69, 9.17) is 0 Å². The van der Waals surface area contributed by atoms with Gasteiger partial charge in [-0.15, -0.1) is 0 Å². The molecule has 2 N–H and O–H groups in total. The number of piperidine rings is 1. The Labute approximate surface area is 111 Å². The van der Waals surface area contributed by atoms with Crippen molar-refractivity contribution >= 4 is 5.97 Å². The van der Waals surface area contributed by atoms with Gasteiger partial charge in [0.25, 0.3) is 0 Å². The van der Waals surface area contributed by atoms with Crippen LogP contribution in [0, 0.1) is 5.41 Å². The largest absolute Gasteiger partial charge is 0.481 e. The average molecular weight is 256 g/mol. The summed E-state index contributed by atoms with van der Waals surface area (Å²) in [6, 6.07) is 0.504. The summed E-state index contributed by atoms with van der Waals surface area (Å²) >= 11 is 0. The highest BCUT2D eigenvalue weighted by Gasteiger charge is 2.33. The lowest BCUT2D eigenvalue weighted by molar-refractivity contribution is -0.148. The smallest absolute Gasteiger partial charge is 0.310 e. The lowest BCUT2D eigenvalue weighted by atomic mass is 9.90. The molecule has 0 aliphatic carbocycles. The molecule has 1 heterocycles. The van der Waals surface area contributed by atoms with E-state index >= 15 is 0 Å². The first-order valence-electron chi connectivity index (χ1n) is 7.15. The number of aliphatic carboxylic acids is 1. The summed E-state index contributed by atoms with van der Waals surface area (Å²) in [7, 11) is 0. The molecule has 0 spiro atoms. The van der Waals surface area contributed by atoms with Crippen LogP contribution in [0.15, 0.2) is 0 Å². The zero-order valence-corrected chi connectivity index (χ0v) is 12.0. The Morgan fingerprint density at radius 3 is 2.78 bits per heavy atom. The molecular weight excluding hydrogens is 228 g/mol. The van der Waals surface area contributed by atoms with Crippen LogP contribution in [0.4, 0.5) is 0 Å². The third-order valence-electron chi connectivity index (χ3n) is 3.73. The van der Waals surface area contributed by atoms with Crippen molar-refractivity contribution in [1.82, 2.24) is 10.2 Å². The van der Waals surface area contributed by atoms with E-state index in [0.717, 1.165) is 26.1 Å². The summed E-state index contributed by atoms with van der Waals surface area (Å²) in [5.74, 6) is -0.701. The molecule has 0 aromatic carbocycles. The number of likely N-dealkylation sites (tertiary alicyclic amines) is 1. The molecule has 4 heteroatoms. The lowest BCUT2D eigenvalue weighted by Crippen LogP contribution is -2.50. The van der Waals surface area contributed by atoms with Crippen molar-refractivity contribution < 1.29 is 9.90 Å². The maximum atomic E-state index is 11.2. The number of hydrogen-bond donors (Lipinski definition) is 2. The van der Waals surface area contributed by atoms with E-state index in [1.54, 1.807) is 0 Å². The topological polar surface area (TPSA) is 52.6 Å². The molecule has 0 aromatic rings. The van der Waals surface area contributed by atoms with Crippen LogP contribution in [-0.4, -0.2) is 48.2 Å². The summed E-state index contributed by atoms with van der Waals surface area (Å²) in [6.07, 6.45) is 4.79. The Hall–Kier alpha value is -0.610. The van der Waals surface area contributed by atoms with Crippen LogP contribution < -0.4 is 5.32 Å². The van der Waals surface area contributed by atoms with Crippen LogP contribution in [0.3, 0.4) is 0 Å². The fourth-order valence-electron chi connectivity index (χ4n) is 2.52.